The maximum atomic E-state index is 6.14. The molecule has 0 aliphatic heterocycles. The molecule has 0 aromatic rings. The number of nitrogens with zero attached hydrogens (tertiary/aromatic N) is 1. The number of nitrogens with two attached hydrogens (primary N) is 1. The lowest BCUT2D eigenvalue weighted by atomic mass is 9.86. The van der Waals surface area contributed by atoms with Crippen LogP contribution in [0.15, 0.2) is 0 Å². The van der Waals surface area contributed by atoms with E-state index in [4.69, 9.17) is 5.73 Å². The van der Waals surface area contributed by atoms with Gasteiger partial charge < -0.3 is 10.6 Å². The van der Waals surface area contributed by atoms with Crippen molar-refractivity contribution in [3.05, 3.63) is 0 Å². The zero-order valence-corrected chi connectivity index (χ0v) is 9.63. The Hall–Kier alpha value is -0.0800. The molecule has 0 saturated heterocycles. The Morgan fingerprint density at radius 2 is 1.79 bits per heavy atom. The molecule has 0 radical (unpaired) electrons. The summed E-state index contributed by atoms with van der Waals surface area (Å²) < 4.78 is 0. The summed E-state index contributed by atoms with van der Waals surface area (Å²) >= 11 is 0. The molecule has 2 heteroatoms. The van der Waals surface area contributed by atoms with E-state index < -0.39 is 0 Å². The second-order valence-electron chi connectivity index (χ2n) is 5.69. The summed E-state index contributed by atoms with van der Waals surface area (Å²) in [5, 5.41) is 0. The van der Waals surface area contributed by atoms with E-state index in [9.17, 15) is 0 Å². The SMILES string of the molecule is CC1CCC(N(C)CC2(N)CC2)CC1. The minimum atomic E-state index is 0.192. The molecule has 0 aromatic heterocycles. The van der Waals surface area contributed by atoms with Crippen molar-refractivity contribution in [3.63, 3.8) is 0 Å². The van der Waals surface area contributed by atoms with Crippen molar-refractivity contribution in [3.8, 4) is 0 Å². The molecule has 0 spiro atoms. The standard InChI is InChI=1S/C12H24N2/c1-10-3-5-11(6-4-10)14(2)9-12(13)7-8-12/h10-11H,3-9,13H2,1-2H3. The van der Waals surface area contributed by atoms with Crippen molar-refractivity contribution in [2.24, 2.45) is 11.7 Å². The van der Waals surface area contributed by atoms with E-state index in [1.165, 1.54) is 38.5 Å². The van der Waals surface area contributed by atoms with Crippen molar-refractivity contribution in [2.45, 2.75) is 57.0 Å². The molecule has 0 amide bonds. The summed E-state index contributed by atoms with van der Waals surface area (Å²) in [5.41, 5.74) is 6.33. The predicted octanol–water partition coefficient (Wildman–Crippen LogP) is 1.99. The van der Waals surface area contributed by atoms with Gasteiger partial charge in [-0.05, 0) is 51.5 Å². The lowest BCUT2D eigenvalue weighted by Crippen LogP contribution is -2.43. The third kappa shape index (κ3) is 2.48. The van der Waals surface area contributed by atoms with Gasteiger partial charge in [-0.1, -0.05) is 6.92 Å². The van der Waals surface area contributed by atoms with E-state index in [-0.39, 0.29) is 5.54 Å². The summed E-state index contributed by atoms with van der Waals surface area (Å²) in [6.45, 7) is 3.49. The first kappa shape index (κ1) is 10.4. The number of likely N-dealkylation sites (N-methyl/N-ethyl adjacent to an activating group) is 1. The maximum Gasteiger partial charge on any atom is 0.0284 e. The molecule has 82 valence electrons. The first-order valence-electron chi connectivity index (χ1n) is 6.08. The number of hydrogen-bond acceptors (Lipinski definition) is 2. The Kier molecular flexibility index (Phi) is 2.85. The molecule has 2 nitrogen and oxygen atoms in total. The van der Waals surface area contributed by atoms with Crippen LogP contribution in [0.5, 0.6) is 0 Å². The Morgan fingerprint density at radius 3 is 2.29 bits per heavy atom. The van der Waals surface area contributed by atoms with Crippen LogP contribution in [-0.2, 0) is 0 Å². The molecule has 2 saturated carbocycles. The molecule has 0 heterocycles. The predicted molar refractivity (Wildman–Crippen MR) is 60.2 cm³/mol. The molecule has 2 rings (SSSR count). The van der Waals surface area contributed by atoms with E-state index in [1.807, 2.05) is 0 Å². The molecule has 2 aliphatic rings. The molecule has 14 heavy (non-hydrogen) atoms. The Labute approximate surface area is 87.8 Å². The molecule has 0 bridgehead atoms. The fourth-order valence-corrected chi connectivity index (χ4v) is 2.63. The van der Waals surface area contributed by atoms with E-state index in [0.717, 1.165) is 18.5 Å². The summed E-state index contributed by atoms with van der Waals surface area (Å²) in [5.74, 6) is 0.951. The van der Waals surface area contributed by atoms with Gasteiger partial charge in [0.25, 0.3) is 0 Å². The van der Waals surface area contributed by atoms with Gasteiger partial charge in [0.15, 0.2) is 0 Å². The molecular weight excluding hydrogens is 172 g/mol. The van der Waals surface area contributed by atoms with Gasteiger partial charge in [0, 0.05) is 18.1 Å². The quantitative estimate of drug-likeness (QED) is 0.748. The van der Waals surface area contributed by atoms with Gasteiger partial charge >= 0.3 is 0 Å². The van der Waals surface area contributed by atoms with E-state index in [1.54, 1.807) is 0 Å². The largest absolute Gasteiger partial charge is 0.324 e. The molecule has 0 atom stereocenters. The molecule has 0 aromatic carbocycles. The van der Waals surface area contributed by atoms with Crippen molar-refractivity contribution < 1.29 is 0 Å². The van der Waals surface area contributed by atoms with Crippen LogP contribution in [0, 0.1) is 5.92 Å². The van der Waals surface area contributed by atoms with Crippen molar-refractivity contribution >= 4 is 0 Å². The monoisotopic (exact) mass is 196 g/mol. The van der Waals surface area contributed by atoms with Crippen LogP contribution in [0.25, 0.3) is 0 Å². The summed E-state index contributed by atoms with van der Waals surface area (Å²) in [7, 11) is 2.26. The van der Waals surface area contributed by atoms with Crippen LogP contribution >= 0.6 is 0 Å². The zero-order valence-electron chi connectivity index (χ0n) is 9.63. The third-order valence-corrected chi connectivity index (χ3v) is 4.07. The Bertz CT molecular complexity index is 190. The molecule has 0 unspecified atom stereocenters. The minimum absolute atomic E-state index is 0.192. The van der Waals surface area contributed by atoms with Gasteiger partial charge in [-0.15, -0.1) is 0 Å². The van der Waals surface area contributed by atoms with Gasteiger partial charge in [0.05, 0.1) is 0 Å². The van der Waals surface area contributed by atoms with Gasteiger partial charge in [-0.3, -0.25) is 0 Å². The highest BCUT2D eigenvalue weighted by Gasteiger charge is 2.40. The Morgan fingerprint density at radius 1 is 1.21 bits per heavy atom. The summed E-state index contributed by atoms with van der Waals surface area (Å²) in [6.07, 6.45) is 8.06. The summed E-state index contributed by atoms with van der Waals surface area (Å²) in [6, 6.07) is 0.812. The lowest BCUT2D eigenvalue weighted by molar-refractivity contribution is 0.159. The van der Waals surface area contributed by atoms with Crippen LogP contribution in [-0.4, -0.2) is 30.1 Å². The van der Waals surface area contributed by atoms with Crippen molar-refractivity contribution in [1.29, 1.82) is 0 Å². The third-order valence-electron chi connectivity index (χ3n) is 4.07. The van der Waals surface area contributed by atoms with E-state index in [2.05, 4.69) is 18.9 Å². The van der Waals surface area contributed by atoms with Crippen LogP contribution in [0.3, 0.4) is 0 Å². The molecule has 2 fully saturated rings. The topological polar surface area (TPSA) is 29.3 Å². The minimum Gasteiger partial charge on any atom is -0.324 e. The lowest BCUT2D eigenvalue weighted by Gasteiger charge is -2.35. The molecule has 2 N–H and O–H groups in total. The number of rotatable bonds is 3. The molecule has 2 aliphatic carbocycles. The highest BCUT2D eigenvalue weighted by atomic mass is 15.2. The van der Waals surface area contributed by atoms with Crippen molar-refractivity contribution in [1.82, 2.24) is 4.90 Å². The second kappa shape index (κ2) is 3.82. The fraction of sp³-hybridized carbons (Fsp3) is 1.00. The highest BCUT2D eigenvalue weighted by Crippen LogP contribution is 2.34. The average Bonchev–Trinajstić information content (AvgIpc) is 2.84. The fourth-order valence-electron chi connectivity index (χ4n) is 2.63. The van der Waals surface area contributed by atoms with Gasteiger partial charge in [-0.2, -0.15) is 0 Å². The van der Waals surface area contributed by atoms with Crippen LogP contribution in [0.2, 0.25) is 0 Å². The normalized spacial score (nSPS) is 36.0. The zero-order chi connectivity index (χ0) is 10.2. The maximum absolute atomic E-state index is 6.14. The average molecular weight is 196 g/mol. The van der Waals surface area contributed by atoms with Gasteiger partial charge in [0.2, 0.25) is 0 Å². The van der Waals surface area contributed by atoms with Crippen LogP contribution < -0.4 is 5.73 Å². The van der Waals surface area contributed by atoms with E-state index in [0.29, 0.717) is 0 Å². The van der Waals surface area contributed by atoms with Gasteiger partial charge in [-0.25, -0.2) is 0 Å². The van der Waals surface area contributed by atoms with Gasteiger partial charge in [0.1, 0.15) is 0 Å². The first-order chi connectivity index (χ1) is 6.59. The second-order valence-corrected chi connectivity index (χ2v) is 5.69. The van der Waals surface area contributed by atoms with E-state index >= 15 is 0 Å². The number of hydrogen-bond donors (Lipinski definition) is 1. The van der Waals surface area contributed by atoms with Crippen LogP contribution in [0.1, 0.15) is 45.4 Å². The Balaban J connectivity index is 1.77. The highest BCUT2D eigenvalue weighted by molar-refractivity contribution is 5.01. The first-order valence-corrected chi connectivity index (χ1v) is 6.08. The van der Waals surface area contributed by atoms with Crippen LogP contribution in [0.4, 0.5) is 0 Å². The molecular formula is C12H24N2. The smallest absolute Gasteiger partial charge is 0.0284 e. The summed E-state index contributed by atoms with van der Waals surface area (Å²) in [4.78, 5) is 2.51. The van der Waals surface area contributed by atoms with Crippen molar-refractivity contribution in [2.75, 3.05) is 13.6 Å².